The highest BCUT2D eigenvalue weighted by Gasteiger charge is 2.19. The molecule has 0 saturated heterocycles. The van der Waals surface area contributed by atoms with E-state index in [0.29, 0.717) is 4.90 Å². The van der Waals surface area contributed by atoms with Gasteiger partial charge in [0.1, 0.15) is 11.6 Å². The molecule has 16 heavy (non-hydrogen) atoms. The second-order valence-electron chi connectivity index (χ2n) is 3.36. The van der Waals surface area contributed by atoms with Gasteiger partial charge in [0.05, 0.1) is 4.90 Å². The van der Waals surface area contributed by atoms with E-state index in [4.69, 9.17) is 0 Å². The van der Waals surface area contributed by atoms with Crippen LogP contribution in [0.2, 0.25) is 0 Å². The van der Waals surface area contributed by atoms with Gasteiger partial charge < -0.3 is 0 Å². The quantitative estimate of drug-likeness (QED) is 0.574. The molecule has 0 saturated carbocycles. The third-order valence-corrected chi connectivity index (χ3v) is 4.84. The summed E-state index contributed by atoms with van der Waals surface area (Å²) in [5.74, 6) is -0.531. The minimum absolute atomic E-state index is 0.245. The number of benzene rings is 2. The Labute approximate surface area is 100 Å². The molecule has 2 aromatic carbocycles. The van der Waals surface area contributed by atoms with Crippen molar-refractivity contribution in [2.45, 2.75) is 19.6 Å². The van der Waals surface area contributed by atoms with Gasteiger partial charge in [0, 0.05) is 14.7 Å². The summed E-state index contributed by atoms with van der Waals surface area (Å²) >= 11 is 2.77. The fourth-order valence-corrected chi connectivity index (χ4v) is 3.81. The number of fused-ring (bicyclic) bond motifs is 2. The minimum Gasteiger partial charge on any atom is -0.207 e. The van der Waals surface area contributed by atoms with E-state index in [-0.39, 0.29) is 11.6 Å². The fraction of sp³-hybridized carbons (Fsp3) is 0. The van der Waals surface area contributed by atoms with Crippen molar-refractivity contribution < 1.29 is 8.78 Å². The molecule has 0 aliphatic carbocycles. The van der Waals surface area contributed by atoms with Crippen LogP contribution in [0.5, 0.6) is 0 Å². The van der Waals surface area contributed by atoms with E-state index in [1.807, 2.05) is 6.07 Å². The second kappa shape index (κ2) is 3.79. The summed E-state index contributed by atoms with van der Waals surface area (Å²) in [6, 6.07) is 9.60. The maximum atomic E-state index is 13.5. The highest BCUT2D eigenvalue weighted by Crippen LogP contribution is 2.49. The zero-order chi connectivity index (χ0) is 11.1. The van der Waals surface area contributed by atoms with E-state index in [2.05, 4.69) is 0 Å². The molecule has 80 valence electrons. The van der Waals surface area contributed by atoms with Crippen LogP contribution in [-0.2, 0) is 0 Å². The summed E-state index contributed by atoms with van der Waals surface area (Å²) < 4.78 is 26.6. The molecule has 0 fully saturated rings. The van der Waals surface area contributed by atoms with Crippen molar-refractivity contribution in [3.05, 3.63) is 48.0 Å². The van der Waals surface area contributed by atoms with Gasteiger partial charge in [0.2, 0.25) is 0 Å². The van der Waals surface area contributed by atoms with Gasteiger partial charge in [-0.2, -0.15) is 0 Å². The van der Waals surface area contributed by atoms with Gasteiger partial charge >= 0.3 is 0 Å². The number of halogens is 2. The Bertz CT molecular complexity index is 567. The third-order valence-electron chi connectivity index (χ3n) is 2.27. The van der Waals surface area contributed by atoms with Gasteiger partial charge in [-0.1, -0.05) is 29.6 Å². The van der Waals surface area contributed by atoms with Gasteiger partial charge in [0.25, 0.3) is 0 Å². The predicted molar refractivity (Wildman–Crippen MR) is 61.0 cm³/mol. The molecule has 0 N–H and O–H groups in total. The van der Waals surface area contributed by atoms with Gasteiger partial charge in [-0.15, -0.1) is 0 Å². The maximum absolute atomic E-state index is 13.5. The van der Waals surface area contributed by atoms with E-state index in [9.17, 15) is 8.78 Å². The maximum Gasteiger partial charge on any atom is 0.138 e. The SMILES string of the molecule is Fc1ccc2c(c1)Sc1c(F)cccc1S2. The van der Waals surface area contributed by atoms with E-state index in [1.54, 1.807) is 12.1 Å². The lowest BCUT2D eigenvalue weighted by Crippen LogP contribution is -1.92. The van der Waals surface area contributed by atoms with Crippen LogP contribution in [0.3, 0.4) is 0 Å². The van der Waals surface area contributed by atoms with Crippen molar-refractivity contribution in [3.63, 3.8) is 0 Å². The van der Waals surface area contributed by atoms with Crippen LogP contribution in [0.1, 0.15) is 0 Å². The zero-order valence-electron chi connectivity index (χ0n) is 8.04. The highest BCUT2D eigenvalue weighted by molar-refractivity contribution is 8.05. The average Bonchev–Trinajstić information content (AvgIpc) is 2.28. The summed E-state index contributed by atoms with van der Waals surface area (Å²) in [4.78, 5) is 3.24. The molecular formula is C12H6F2S2. The second-order valence-corrected chi connectivity index (χ2v) is 5.50. The van der Waals surface area contributed by atoms with Crippen molar-refractivity contribution >= 4 is 23.5 Å². The monoisotopic (exact) mass is 252 g/mol. The Hall–Kier alpha value is -1.00. The average molecular weight is 252 g/mol. The first kappa shape index (κ1) is 10.2. The summed E-state index contributed by atoms with van der Waals surface area (Å²) in [5, 5.41) is 0. The lowest BCUT2D eigenvalue weighted by atomic mass is 10.3. The summed E-state index contributed by atoms with van der Waals surface area (Å²) in [6.07, 6.45) is 0. The smallest absolute Gasteiger partial charge is 0.138 e. The Morgan fingerprint density at radius 1 is 0.812 bits per heavy atom. The van der Waals surface area contributed by atoms with Gasteiger partial charge in [0.15, 0.2) is 0 Å². The summed E-state index contributed by atoms with van der Waals surface area (Å²) in [6.45, 7) is 0. The van der Waals surface area contributed by atoms with Gasteiger partial charge in [-0.25, -0.2) is 8.78 Å². The molecule has 3 rings (SSSR count). The first-order valence-corrected chi connectivity index (χ1v) is 6.31. The van der Waals surface area contributed by atoms with E-state index >= 15 is 0 Å². The Balaban J connectivity index is 2.13. The lowest BCUT2D eigenvalue weighted by molar-refractivity contribution is 0.593. The van der Waals surface area contributed by atoms with Crippen LogP contribution in [0.4, 0.5) is 8.78 Å². The molecular weight excluding hydrogens is 246 g/mol. The molecule has 1 aliphatic heterocycles. The first-order valence-electron chi connectivity index (χ1n) is 4.68. The zero-order valence-corrected chi connectivity index (χ0v) is 9.67. The van der Waals surface area contributed by atoms with Gasteiger partial charge in [-0.05, 0) is 30.3 Å². The highest BCUT2D eigenvalue weighted by atomic mass is 32.2. The van der Waals surface area contributed by atoms with Crippen LogP contribution in [0.15, 0.2) is 56.0 Å². The molecule has 0 amide bonds. The van der Waals surface area contributed by atoms with Crippen LogP contribution < -0.4 is 0 Å². The molecule has 2 aromatic rings. The summed E-state index contributed by atoms with van der Waals surface area (Å²) in [5.41, 5.74) is 0. The standard InChI is InChI=1S/C12H6F2S2/c13-7-4-5-9-11(6-7)16-12-8(14)2-1-3-10(12)15-9/h1-6H. The Kier molecular flexibility index (Phi) is 2.41. The van der Waals surface area contributed by atoms with Crippen molar-refractivity contribution in [3.8, 4) is 0 Å². The number of rotatable bonds is 0. The molecule has 1 aliphatic rings. The van der Waals surface area contributed by atoms with E-state index in [0.717, 1.165) is 14.7 Å². The molecule has 0 radical (unpaired) electrons. The molecule has 0 spiro atoms. The van der Waals surface area contributed by atoms with Crippen molar-refractivity contribution in [2.75, 3.05) is 0 Å². The molecule has 0 atom stereocenters. The van der Waals surface area contributed by atoms with Gasteiger partial charge in [-0.3, -0.25) is 0 Å². The Morgan fingerprint density at radius 3 is 2.56 bits per heavy atom. The minimum atomic E-state index is -0.286. The largest absolute Gasteiger partial charge is 0.207 e. The predicted octanol–water partition coefficient (Wildman–Crippen LogP) is 4.58. The van der Waals surface area contributed by atoms with Crippen LogP contribution >= 0.6 is 23.5 Å². The van der Waals surface area contributed by atoms with Crippen molar-refractivity contribution in [2.24, 2.45) is 0 Å². The molecule has 1 heterocycles. The summed E-state index contributed by atoms with van der Waals surface area (Å²) in [7, 11) is 0. The van der Waals surface area contributed by atoms with Crippen LogP contribution in [-0.4, -0.2) is 0 Å². The van der Waals surface area contributed by atoms with Crippen LogP contribution in [0.25, 0.3) is 0 Å². The normalized spacial score (nSPS) is 13.1. The third kappa shape index (κ3) is 1.62. The van der Waals surface area contributed by atoms with E-state index in [1.165, 1.54) is 41.7 Å². The van der Waals surface area contributed by atoms with E-state index < -0.39 is 0 Å². The molecule has 4 heteroatoms. The Morgan fingerprint density at radius 2 is 1.69 bits per heavy atom. The number of hydrogen-bond donors (Lipinski definition) is 0. The lowest BCUT2D eigenvalue weighted by Gasteiger charge is -2.18. The molecule has 0 unspecified atom stereocenters. The van der Waals surface area contributed by atoms with Crippen molar-refractivity contribution in [1.29, 1.82) is 0 Å². The molecule has 0 bridgehead atoms. The number of hydrogen-bond acceptors (Lipinski definition) is 2. The fourth-order valence-electron chi connectivity index (χ4n) is 1.54. The van der Waals surface area contributed by atoms with Crippen molar-refractivity contribution in [1.82, 2.24) is 0 Å². The molecule has 0 aromatic heterocycles. The van der Waals surface area contributed by atoms with Crippen LogP contribution in [0, 0.1) is 11.6 Å². The first-order chi connectivity index (χ1) is 7.74. The topological polar surface area (TPSA) is 0 Å². The molecule has 0 nitrogen and oxygen atoms in total.